The highest BCUT2D eigenvalue weighted by molar-refractivity contribution is 5.75. The van der Waals surface area contributed by atoms with Gasteiger partial charge < -0.3 is 24.4 Å². The normalized spacial score (nSPS) is 25.7. The predicted octanol–water partition coefficient (Wildman–Crippen LogP) is 2.70. The molecule has 0 radical (unpaired) electrons. The molecule has 6 heteroatoms. The molecule has 2 aliphatic heterocycles. The number of hydrogen-bond donors (Lipinski definition) is 1. The number of fused-ring (bicyclic) bond motifs is 1. The van der Waals surface area contributed by atoms with Crippen LogP contribution >= 0.6 is 0 Å². The first-order valence-electron chi connectivity index (χ1n) is 8.93. The number of amides is 2. The standard InChI is InChI=1S/C19H26N2O4/c1-18(2)12-21(10-13-4-5-15(23-3)8-16(13)25-18)17(22)20-14-9-19(6-7-19)24-11-14/h4-5,8,14H,6-7,9-12H2,1-3H3,(H,20,22). The fraction of sp³-hybridized carbons (Fsp3) is 0.632. The van der Waals surface area contributed by atoms with E-state index in [0.717, 1.165) is 36.3 Å². The molecule has 1 N–H and O–H groups in total. The number of ether oxygens (including phenoxy) is 3. The van der Waals surface area contributed by atoms with E-state index in [9.17, 15) is 4.79 Å². The van der Waals surface area contributed by atoms with Crippen LogP contribution in [0.15, 0.2) is 18.2 Å². The van der Waals surface area contributed by atoms with Crippen molar-refractivity contribution >= 4 is 6.03 Å². The Kier molecular flexibility index (Phi) is 3.83. The van der Waals surface area contributed by atoms with Crippen molar-refractivity contribution in [2.75, 3.05) is 20.3 Å². The molecule has 1 aliphatic carbocycles. The Labute approximate surface area is 148 Å². The van der Waals surface area contributed by atoms with Gasteiger partial charge in [0, 0.05) is 11.6 Å². The van der Waals surface area contributed by atoms with E-state index < -0.39 is 5.60 Å². The minimum Gasteiger partial charge on any atom is -0.497 e. The van der Waals surface area contributed by atoms with Crippen LogP contribution in [0.3, 0.4) is 0 Å². The van der Waals surface area contributed by atoms with Gasteiger partial charge in [-0.15, -0.1) is 0 Å². The Bertz CT molecular complexity index is 684. The zero-order valence-corrected chi connectivity index (χ0v) is 15.1. The van der Waals surface area contributed by atoms with E-state index in [4.69, 9.17) is 14.2 Å². The molecule has 0 aromatic heterocycles. The van der Waals surface area contributed by atoms with Gasteiger partial charge in [0.2, 0.25) is 0 Å². The van der Waals surface area contributed by atoms with Gasteiger partial charge in [-0.05, 0) is 45.2 Å². The summed E-state index contributed by atoms with van der Waals surface area (Å²) in [5.74, 6) is 1.53. The molecule has 1 unspecified atom stereocenters. The van der Waals surface area contributed by atoms with Crippen molar-refractivity contribution in [2.24, 2.45) is 0 Å². The lowest BCUT2D eigenvalue weighted by Crippen LogP contribution is -2.49. The molecule has 1 spiro atoms. The average Bonchev–Trinajstić information content (AvgIpc) is 3.22. The van der Waals surface area contributed by atoms with E-state index >= 15 is 0 Å². The maximum Gasteiger partial charge on any atom is 0.318 e. The SMILES string of the molecule is COc1ccc2c(c1)OC(C)(C)CN(C(=O)NC1COC3(CC3)C1)C2. The zero-order valence-electron chi connectivity index (χ0n) is 15.1. The molecular weight excluding hydrogens is 320 g/mol. The van der Waals surface area contributed by atoms with Crippen LogP contribution < -0.4 is 14.8 Å². The zero-order chi connectivity index (χ0) is 17.7. The van der Waals surface area contributed by atoms with Crippen molar-refractivity contribution in [3.63, 3.8) is 0 Å². The number of benzene rings is 1. The third-order valence-electron chi connectivity index (χ3n) is 5.23. The molecule has 25 heavy (non-hydrogen) atoms. The quantitative estimate of drug-likeness (QED) is 0.894. The van der Waals surface area contributed by atoms with Gasteiger partial charge in [-0.2, -0.15) is 0 Å². The summed E-state index contributed by atoms with van der Waals surface area (Å²) in [6.45, 7) is 5.66. The van der Waals surface area contributed by atoms with Crippen LogP contribution in [-0.2, 0) is 11.3 Å². The number of carbonyl (C=O) groups is 1. The van der Waals surface area contributed by atoms with Gasteiger partial charge in [-0.3, -0.25) is 0 Å². The van der Waals surface area contributed by atoms with Crippen LogP contribution in [0.25, 0.3) is 0 Å². The molecule has 2 fully saturated rings. The summed E-state index contributed by atoms with van der Waals surface area (Å²) in [5, 5.41) is 3.14. The van der Waals surface area contributed by atoms with Crippen molar-refractivity contribution in [3.05, 3.63) is 23.8 Å². The van der Waals surface area contributed by atoms with E-state index in [1.54, 1.807) is 7.11 Å². The summed E-state index contributed by atoms with van der Waals surface area (Å²) in [6, 6.07) is 5.82. The largest absolute Gasteiger partial charge is 0.497 e. The molecule has 1 saturated carbocycles. The van der Waals surface area contributed by atoms with Crippen molar-refractivity contribution in [1.29, 1.82) is 0 Å². The Morgan fingerprint density at radius 3 is 2.84 bits per heavy atom. The first-order chi connectivity index (χ1) is 11.9. The molecule has 2 heterocycles. The van der Waals surface area contributed by atoms with Gasteiger partial charge in [-0.1, -0.05) is 0 Å². The lowest BCUT2D eigenvalue weighted by molar-refractivity contribution is 0.0784. The third kappa shape index (κ3) is 3.40. The van der Waals surface area contributed by atoms with E-state index in [2.05, 4.69) is 5.32 Å². The lowest BCUT2D eigenvalue weighted by Gasteiger charge is -2.30. The molecule has 136 valence electrons. The molecule has 2 amide bonds. The maximum absolute atomic E-state index is 12.8. The predicted molar refractivity (Wildman–Crippen MR) is 93.0 cm³/mol. The van der Waals surface area contributed by atoms with Crippen molar-refractivity contribution in [2.45, 2.75) is 56.9 Å². The number of hydrogen-bond acceptors (Lipinski definition) is 4. The summed E-state index contributed by atoms with van der Waals surface area (Å²) >= 11 is 0. The molecule has 1 aromatic carbocycles. The van der Waals surface area contributed by atoms with Gasteiger partial charge in [0.25, 0.3) is 0 Å². The highest BCUT2D eigenvalue weighted by Gasteiger charge is 2.50. The van der Waals surface area contributed by atoms with Crippen LogP contribution in [-0.4, -0.2) is 48.4 Å². The summed E-state index contributed by atoms with van der Waals surface area (Å²) in [4.78, 5) is 14.7. The second-order valence-corrected chi connectivity index (χ2v) is 8.04. The van der Waals surface area contributed by atoms with Crippen molar-refractivity contribution in [1.82, 2.24) is 10.2 Å². The Hall–Kier alpha value is -1.95. The van der Waals surface area contributed by atoms with Crippen LogP contribution in [0.1, 0.15) is 38.7 Å². The smallest absolute Gasteiger partial charge is 0.318 e. The fourth-order valence-corrected chi connectivity index (χ4v) is 3.77. The second-order valence-electron chi connectivity index (χ2n) is 8.04. The third-order valence-corrected chi connectivity index (χ3v) is 5.23. The number of nitrogens with one attached hydrogen (secondary N) is 1. The average molecular weight is 346 g/mol. The second kappa shape index (κ2) is 5.80. The first-order valence-corrected chi connectivity index (χ1v) is 8.93. The number of nitrogens with zero attached hydrogens (tertiary/aromatic N) is 1. The summed E-state index contributed by atoms with van der Waals surface area (Å²) in [6.07, 6.45) is 3.18. The minimum atomic E-state index is -0.473. The Morgan fingerprint density at radius 2 is 2.16 bits per heavy atom. The van der Waals surface area contributed by atoms with Crippen LogP contribution in [0, 0.1) is 0 Å². The molecular formula is C19H26N2O4. The summed E-state index contributed by atoms with van der Waals surface area (Å²) in [7, 11) is 1.64. The van der Waals surface area contributed by atoms with E-state index in [-0.39, 0.29) is 17.7 Å². The first kappa shape index (κ1) is 16.5. The van der Waals surface area contributed by atoms with Gasteiger partial charge in [0.15, 0.2) is 0 Å². The van der Waals surface area contributed by atoms with Crippen LogP contribution in [0.4, 0.5) is 4.79 Å². The van der Waals surface area contributed by atoms with E-state index in [0.29, 0.717) is 19.7 Å². The summed E-state index contributed by atoms with van der Waals surface area (Å²) in [5.41, 5.74) is 0.587. The van der Waals surface area contributed by atoms with Gasteiger partial charge in [0.05, 0.1) is 38.4 Å². The highest BCUT2D eigenvalue weighted by atomic mass is 16.5. The minimum absolute atomic E-state index is 0.0494. The molecule has 6 nitrogen and oxygen atoms in total. The van der Waals surface area contributed by atoms with Crippen molar-refractivity contribution in [3.8, 4) is 11.5 Å². The van der Waals surface area contributed by atoms with E-state index in [1.165, 1.54) is 0 Å². The molecule has 4 rings (SSSR count). The van der Waals surface area contributed by atoms with Gasteiger partial charge in [-0.25, -0.2) is 4.79 Å². The van der Waals surface area contributed by atoms with E-state index in [1.807, 2.05) is 36.9 Å². The van der Waals surface area contributed by atoms with Crippen molar-refractivity contribution < 1.29 is 19.0 Å². The lowest BCUT2D eigenvalue weighted by atomic mass is 10.1. The fourth-order valence-electron chi connectivity index (χ4n) is 3.77. The number of rotatable bonds is 2. The molecule has 1 aromatic rings. The van der Waals surface area contributed by atoms with Gasteiger partial charge in [0.1, 0.15) is 17.1 Å². The topological polar surface area (TPSA) is 60.0 Å². The maximum atomic E-state index is 12.8. The number of methoxy groups -OCH3 is 1. The number of urea groups is 1. The monoisotopic (exact) mass is 346 g/mol. The highest BCUT2D eigenvalue weighted by Crippen LogP contribution is 2.47. The van der Waals surface area contributed by atoms with Crippen LogP contribution in [0.5, 0.6) is 11.5 Å². The van der Waals surface area contributed by atoms with Crippen LogP contribution in [0.2, 0.25) is 0 Å². The van der Waals surface area contributed by atoms with Gasteiger partial charge >= 0.3 is 6.03 Å². The summed E-state index contributed by atoms with van der Waals surface area (Å²) < 4.78 is 17.3. The molecule has 1 atom stereocenters. The number of carbonyl (C=O) groups excluding carboxylic acids is 1. The Morgan fingerprint density at radius 1 is 1.36 bits per heavy atom. The Balaban J connectivity index is 1.49. The molecule has 3 aliphatic rings. The molecule has 1 saturated heterocycles. The molecule has 0 bridgehead atoms.